The fraction of sp³-hybridized carbons (Fsp3) is 0.462. The maximum absolute atomic E-state index is 12.0. The molecule has 3 N–H and O–H groups in total. The summed E-state index contributed by atoms with van der Waals surface area (Å²) in [6, 6.07) is 4.75. The normalized spacial score (nSPS) is 18.6. The van der Waals surface area contributed by atoms with Crippen molar-refractivity contribution >= 4 is 17.6 Å². The first-order chi connectivity index (χ1) is 9.20. The topological polar surface area (TPSA) is 83.1 Å². The van der Waals surface area contributed by atoms with Crippen LogP contribution in [0.5, 0.6) is 0 Å². The number of pyridine rings is 1. The maximum Gasteiger partial charge on any atom is 0.270 e. The summed E-state index contributed by atoms with van der Waals surface area (Å²) in [5.74, 6) is 0.215. The molecule has 0 aromatic carbocycles. The zero-order valence-electron chi connectivity index (χ0n) is 10.9. The summed E-state index contributed by atoms with van der Waals surface area (Å²) in [6.45, 7) is 3.38. The Labute approximate surface area is 112 Å². The van der Waals surface area contributed by atoms with Crippen LogP contribution in [0.1, 0.15) is 30.3 Å². The molecule has 0 saturated carbocycles. The first kappa shape index (κ1) is 13.3. The van der Waals surface area contributed by atoms with E-state index in [1.165, 1.54) is 0 Å². The number of rotatable bonds is 4. The van der Waals surface area contributed by atoms with Crippen molar-refractivity contribution in [1.29, 1.82) is 0 Å². The molecular formula is C13H18N4O2. The first-order valence-corrected chi connectivity index (χ1v) is 6.50. The molecule has 1 aromatic heterocycles. The Morgan fingerprint density at radius 1 is 1.53 bits per heavy atom. The molecular weight excluding hydrogens is 244 g/mol. The van der Waals surface area contributed by atoms with Crippen LogP contribution >= 0.6 is 0 Å². The molecule has 0 bridgehead atoms. The number of carbonyl (C=O) groups is 2. The van der Waals surface area contributed by atoms with Crippen molar-refractivity contribution in [2.24, 2.45) is 0 Å². The van der Waals surface area contributed by atoms with Gasteiger partial charge in [0.1, 0.15) is 17.6 Å². The van der Waals surface area contributed by atoms with Gasteiger partial charge in [0, 0.05) is 13.1 Å². The monoisotopic (exact) mass is 262 g/mol. The van der Waals surface area contributed by atoms with Crippen LogP contribution in [-0.4, -0.2) is 35.9 Å². The molecule has 6 nitrogen and oxygen atoms in total. The maximum atomic E-state index is 12.0. The Morgan fingerprint density at radius 3 is 3.11 bits per heavy atom. The summed E-state index contributed by atoms with van der Waals surface area (Å²) in [7, 11) is 0. The van der Waals surface area contributed by atoms with Crippen molar-refractivity contribution in [1.82, 2.24) is 15.6 Å². The lowest BCUT2D eigenvalue weighted by molar-refractivity contribution is -0.124. The van der Waals surface area contributed by atoms with Crippen LogP contribution in [0.25, 0.3) is 0 Å². The van der Waals surface area contributed by atoms with E-state index in [4.69, 9.17) is 0 Å². The SMILES string of the molecule is CCNc1cccc(C(=O)NC2CCCNC2=O)n1. The highest BCUT2D eigenvalue weighted by atomic mass is 16.2. The fourth-order valence-corrected chi connectivity index (χ4v) is 1.98. The quantitative estimate of drug-likeness (QED) is 0.739. The van der Waals surface area contributed by atoms with Crippen molar-refractivity contribution in [3.8, 4) is 0 Å². The van der Waals surface area contributed by atoms with Gasteiger partial charge in [-0.25, -0.2) is 4.98 Å². The van der Waals surface area contributed by atoms with Crippen LogP contribution in [0, 0.1) is 0 Å². The lowest BCUT2D eigenvalue weighted by Crippen LogP contribution is -2.50. The summed E-state index contributed by atoms with van der Waals surface area (Å²) < 4.78 is 0. The van der Waals surface area contributed by atoms with Gasteiger partial charge >= 0.3 is 0 Å². The minimum atomic E-state index is -0.453. The average molecular weight is 262 g/mol. The summed E-state index contributed by atoms with van der Waals surface area (Å²) in [4.78, 5) is 27.8. The summed E-state index contributed by atoms with van der Waals surface area (Å²) >= 11 is 0. The van der Waals surface area contributed by atoms with Gasteiger partial charge in [0.2, 0.25) is 5.91 Å². The smallest absolute Gasteiger partial charge is 0.270 e. The minimum Gasteiger partial charge on any atom is -0.370 e. The molecule has 0 aliphatic carbocycles. The second kappa shape index (κ2) is 6.17. The minimum absolute atomic E-state index is 0.123. The van der Waals surface area contributed by atoms with Gasteiger partial charge in [0.05, 0.1) is 0 Å². The second-order valence-electron chi connectivity index (χ2n) is 4.40. The van der Waals surface area contributed by atoms with E-state index in [9.17, 15) is 9.59 Å². The van der Waals surface area contributed by atoms with Crippen LogP contribution in [0.2, 0.25) is 0 Å². The fourth-order valence-electron chi connectivity index (χ4n) is 1.98. The van der Waals surface area contributed by atoms with Crippen LogP contribution in [0.4, 0.5) is 5.82 Å². The molecule has 2 heterocycles. The number of hydrogen-bond donors (Lipinski definition) is 3. The molecule has 1 aliphatic rings. The van der Waals surface area contributed by atoms with Gasteiger partial charge in [0.15, 0.2) is 0 Å². The van der Waals surface area contributed by atoms with Gasteiger partial charge in [-0.1, -0.05) is 6.07 Å². The third-order valence-electron chi connectivity index (χ3n) is 2.93. The number of nitrogens with zero attached hydrogens (tertiary/aromatic N) is 1. The zero-order valence-corrected chi connectivity index (χ0v) is 10.9. The third kappa shape index (κ3) is 3.43. The van der Waals surface area contributed by atoms with E-state index in [1.54, 1.807) is 18.2 Å². The number of carbonyl (C=O) groups excluding carboxylic acids is 2. The average Bonchev–Trinajstić information content (AvgIpc) is 2.42. The van der Waals surface area contributed by atoms with Crippen LogP contribution in [-0.2, 0) is 4.79 Å². The summed E-state index contributed by atoms with van der Waals surface area (Å²) in [5.41, 5.74) is 0.317. The number of nitrogens with one attached hydrogen (secondary N) is 3. The molecule has 1 aromatic rings. The number of amides is 2. The number of anilines is 1. The molecule has 19 heavy (non-hydrogen) atoms. The van der Waals surface area contributed by atoms with Crippen molar-refractivity contribution < 1.29 is 9.59 Å². The van der Waals surface area contributed by atoms with Gasteiger partial charge in [-0.15, -0.1) is 0 Å². The van der Waals surface area contributed by atoms with Gasteiger partial charge in [-0.2, -0.15) is 0 Å². The molecule has 1 atom stereocenters. The summed E-state index contributed by atoms with van der Waals surface area (Å²) in [5, 5.41) is 8.49. The van der Waals surface area contributed by atoms with E-state index in [0.717, 1.165) is 13.0 Å². The van der Waals surface area contributed by atoms with E-state index in [1.807, 2.05) is 6.92 Å². The van der Waals surface area contributed by atoms with Gasteiger partial charge in [0.25, 0.3) is 5.91 Å². The molecule has 0 radical (unpaired) electrons. The highest BCUT2D eigenvalue weighted by molar-refractivity contribution is 5.96. The second-order valence-corrected chi connectivity index (χ2v) is 4.40. The van der Waals surface area contributed by atoms with E-state index in [-0.39, 0.29) is 11.8 Å². The predicted molar refractivity (Wildman–Crippen MR) is 71.9 cm³/mol. The van der Waals surface area contributed by atoms with Gasteiger partial charge < -0.3 is 16.0 Å². The van der Waals surface area contributed by atoms with Crippen molar-refractivity contribution in [3.63, 3.8) is 0 Å². The molecule has 102 valence electrons. The van der Waals surface area contributed by atoms with E-state index < -0.39 is 6.04 Å². The van der Waals surface area contributed by atoms with E-state index in [2.05, 4.69) is 20.9 Å². The van der Waals surface area contributed by atoms with E-state index in [0.29, 0.717) is 24.5 Å². The molecule has 0 spiro atoms. The predicted octanol–water partition coefficient (Wildman–Crippen LogP) is 0.522. The van der Waals surface area contributed by atoms with Crippen LogP contribution < -0.4 is 16.0 Å². The third-order valence-corrected chi connectivity index (χ3v) is 2.93. The van der Waals surface area contributed by atoms with Crippen LogP contribution in [0.15, 0.2) is 18.2 Å². The Balaban J connectivity index is 2.02. The largest absolute Gasteiger partial charge is 0.370 e. The number of hydrogen-bond acceptors (Lipinski definition) is 4. The van der Waals surface area contributed by atoms with Gasteiger partial charge in [-0.3, -0.25) is 9.59 Å². The molecule has 1 saturated heterocycles. The van der Waals surface area contributed by atoms with Crippen LogP contribution in [0.3, 0.4) is 0 Å². The molecule has 2 rings (SSSR count). The number of piperidine rings is 1. The highest BCUT2D eigenvalue weighted by Gasteiger charge is 2.24. The van der Waals surface area contributed by atoms with Gasteiger partial charge in [-0.05, 0) is 31.9 Å². The standard InChI is InChI=1S/C13H18N4O2/c1-2-14-11-7-3-5-10(16-11)13(19)17-9-6-4-8-15-12(9)18/h3,5,7,9H,2,4,6,8H2,1H3,(H,14,16)(H,15,18)(H,17,19). The first-order valence-electron chi connectivity index (χ1n) is 6.50. The molecule has 6 heteroatoms. The molecule has 1 unspecified atom stereocenters. The molecule has 1 fully saturated rings. The summed E-state index contributed by atoms with van der Waals surface area (Å²) in [6.07, 6.45) is 1.55. The molecule has 2 amide bonds. The zero-order chi connectivity index (χ0) is 13.7. The lowest BCUT2D eigenvalue weighted by atomic mass is 10.1. The highest BCUT2D eigenvalue weighted by Crippen LogP contribution is 2.07. The Morgan fingerprint density at radius 2 is 2.37 bits per heavy atom. The Bertz CT molecular complexity index is 475. The van der Waals surface area contributed by atoms with Crippen molar-refractivity contribution in [2.45, 2.75) is 25.8 Å². The van der Waals surface area contributed by atoms with E-state index >= 15 is 0 Å². The molecule has 1 aliphatic heterocycles. The Kier molecular flexibility index (Phi) is 4.33. The van der Waals surface area contributed by atoms with Crippen molar-refractivity contribution in [2.75, 3.05) is 18.4 Å². The van der Waals surface area contributed by atoms with Crippen molar-refractivity contribution in [3.05, 3.63) is 23.9 Å². The lowest BCUT2D eigenvalue weighted by Gasteiger charge is -2.22. The Hall–Kier alpha value is -2.11. The number of aromatic nitrogens is 1.